The van der Waals surface area contributed by atoms with Crippen LogP contribution in [0.2, 0.25) is 0 Å². The highest BCUT2D eigenvalue weighted by molar-refractivity contribution is 5.67. The zero-order chi connectivity index (χ0) is 14.8. The average molecular weight is 288 g/mol. The van der Waals surface area contributed by atoms with Crippen LogP contribution in [0.1, 0.15) is 31.6 Å². The van der Waals surface area contributed by atoms with Gasteiger partial charge in [-0.1, -0.05) is 17.3 Å². The minimum Gasteiger partial charge on any atom is -0.339 e. The molecule has 1 aromatic carbocycles. The first-order valence-electron chi connectivity index (χ1n) is 6.96. The van der Waals surface area contributed by atoms with Crippen molar-refractivity contribution in [2.75, 3.05) is 6.54 Å². The van der Waals surface area contributed by atoms with Crippen molar-refractivity contribution < 1.29 is 9.45 Å². The van der Waals surface area contributed by atoms with E-state index in [-0.39, 0.29) is 17.4 Å². The van der Waals surface area contributed by atoms with Crippen LogP contribution in [0.5, 0.6) is 0 Å². The predicted octanol–water partition coefficient (Wildman–Crippen LogP) is 2.50. The quantitative estimate of drug-likeness (QED) is 0.688. The third-order valence-electron chi connectivity index (χ3n) is 3.76. The predicted molar refractivity (Wildman–Crippen MR) is 75.8 cm³/mol. The Morgan fingerprint density at radius 3 is 3.00 bits per heavy atom. The largest absolute Gasteiger partial charge is 0.339 e. The molecule has 0 saturated carbocycles. The highest BCUT2D eigenvalue weighted by Crippen LogP contribution is 2.31. The van der Waals surface area contributed by atoms with E-state index in [1.165, 1.54) is 6.07 Å². The lowest BCUT2D eigenvalue weighted by atomic mass is 9.93. The number of hydrogen-bond donors (Lipinski definition) is 1. The van der Waals surface area contributed by atoms with Crippen LogP contribution in [-0.4, -0.2) is 27.7 Å². The minimum absolute atomic E-state index is 0.0106. The Morgan fingerprint density at radius 2 is 2.24 bits per heavy atom. The summed E-state index contributed by atoms with van der Waals surface area (Å²) in [7, 11) is 0. The number of aromatic nitrogens is 2. The van der Waals surface area contributed by atoms with E-state index < -0.39 is 4.92 Å². The van der Waals surface area contributed by atoms with Crippen molar-refractivity contribution in [3.8, 4) is 11.4 Å². The second-order valence-electron chi connectivity index (χ2n) is 5.31. The Kier molecular flexibility index (Phi) is 3.66. The molecule has 2 aromatic rings. The van der Waals surface area contributed by atoms with Crippen molar-refractivity contribution in [2.24, 2.45) is 0 Å². The molecule has 1 N–H and O–H groups in total. The molecule has 1 saturated heterocycles. The number of rotatable bonds is 3. The van der Waals surface area contributed by atoms with Crippen LogP contribution < -0.4 is 5.32 Å². The molecule has 0 aliphatic carbocycles. The molecule has 0 amide bonds. The van der Waals surface area contributed by atoms with Crippen molar-refractivity contribution in [2.45, 2.75) is 31.7 Å². The van der Waals surface area contributed by atoms with E-state index in [4.69, 9.17) is 4.52 Å². The van der Waals surface area contributed by atoms with Gasteiger partial charge in [0, 0.05) is 18.0 Å². The van der Waals surface area contributed by atoms with E-state index in [2.05, 4.69) is 22.4 Å². The summed E-state index contributed by atoms with van der Waals surface area (Å²) in [6.07, 6.45) is 1.86. The van der Waals surface area contributed by atoms with Crippen LogP contribution in [0.3, 0.4) is 0 Å². The number of nitro benzene ring substituents is 1. The molecule has 0 radical (unpaired) electrons. The van der Waals surface area contributed by atoms with Gasteiger partial charge in [-0.2, -0.15) is 4.98 Å². The zero-order valence-corrected chi connectivity index (χ0v) is 11.7. The summed E-state index contributed by atoms with van der Waals surface area (Å²) in [4.78, 5) is 15.0. The molecule has 110 valence electrons. The molecule has 7 nitrogen and oxygen atoms in total. The lowest BCUT2D eigenvalue weighted by molar-refractivity contribution is -0.384. The van der Waals surface area contributed by atoms with Crippen molar-refractivity contribution >= 4 is 5.69 Å². The Labute approximate surface area is 121 Å². The van der Waals surface area contributed by atoms with Gasteiger partial charge in [0.1, 0.15) is 5.56 Å². The summed E-state index contributed by atoms with van der Waals surface area (Å²) in [5.41, 5.74) is 0.378. The topological polar surface area (TPSA) is 94.1 Å². The lowest BCUT2D eigenvalue weighted by Crippen LogP contribution is -2.34. The third kappa shape index (κ3) is 2.78. The maximum atomic E-state index is 11.1. The van der Waals surface area contributed by atoms with Gasteiger partial charge in [0.05, 0.1) is 4.92 Å². The van der Waals surface area contributed by atoms with Gasteiger partial charge in [-0.3, -0.25) is 10.1 Å². The molecule has 3 rings (SSSR count). The van der Waals surface area contributed by atoms with Gasteiger partial charge in [-0.15, -0.1) is 0 Å². The molecule has 2 atom stereocenters. The standard InChI is InChI=1S/C14H16N4O3/c1-9-8-10(6-7-15-9)14-16-13(17-21-14)11-4-2-3-5-12(11)18(19)20/h2-5,9-10,15H,6-8H2,1H3. The van der Waals surface area contributed by atoms with Crippen molar-refractivity contribution in [3.05, 3.63) is 40.3 Å². The van der Waals surface area contributed by atoms with Crippen LogP contribution in [-0.2, 0) is 0 Å². The number of nitro groups is 1. The van der Waals surface area contributed by atoms with Crippen LogP contribution in [0.25, 0.3) is 11.4 Å². The molecule has 0 bridgehead atoms. The molecule has 2 unspecified atom stereocenters. The molecule has 1 aromatic heterocycles. The summed E-state index contributed by atoms with van der Waals surface area (Å²) in [6.45, 7) is 3.03. The van der Waals surface area contributed by atoms with Gasteiger partial charge >= 0.3 is 0 Å². The first kappa shape index (κ1) is 13.7. The van der Waals surface area contributed by atoms with E-state index in [1.807, 2.05) is 0 Å². The Bertz CT molecular complexity index is 655. The first-order chi connectivity index (χ1) is 10.1. The summed E-state index contributed by atoms with van der Waals surface area (Å²) in [5.74, 6) is 1.06. The average Bonchev–Trinajstić information content (AvgIpc) is 2.97. The number of nitrogens with one attached hydrogen (secondary N) is 1. The Morgan fingerprint density at radius 1 is 1.43 bits per heavy atom. The summed E-state index contributed by atoms with van der Waals surface area (Å²) in [6, 6.07) is 6.84. The fraction of sp³-hybridized carbons (Fsp3) is 0.429. The smallest absolute Gasteiger partial charge is 0.280 e. The number of benzene rings is 1. The van der Waals surface area contributed by atoms with Gasteiger partial charge in [0.15, 0.2) is 0 Å². The third-order valence-corrected chi connectivity index (χ3v) is 3.76. The molecule has 1 aliphatic heterocycles. The van der Waals surface area contributed by atoms with Gasteiger partial charge in [0.2, 0.25) is 11.7 Å². The molecule has 2 heterocycles. The summed E-state index contributed by atoms with van der Waals surface area (Å²) >= 11 is 0. The molecular weight excluding hydrogens is 272 g/mol. The van der Waals surface area contributed by atoms with Gasteiger partial charge in [-0.05, 0) is 32.4 Å². The molecule has 0 spiro atoms. The minimum atomic E-state index is -0.433. The molecule has 7 heteroatoms. The van der Waals surface area contributed by atoms with Gasteiger partial charge in [0.25, 0.3) is 5.69 Å². The molecule has 1 aliphatic rings. The zero-order valence-electron chi connectivity index (χ0n) is 11.7. The highest BCUT2D eigenvalue weighted by atomic mass is 16.6. The fourth-order valence-corrected chi connectivity index (χ4v) is 2.69. The number of piperidine rings is 1. The molecular formula is C14H16N4O3. The summed E-state index contributed by atoms with van der Waals surface area (Å²) < 4.78 is 5.33. The van der Waals surface area contributed by atoms with E-state index in [1.54, 1.807) is 18.2 Å². The van der Waals surface area contributed by atoms with E-state index in [0.29, 0.717) is 17.5 Å². The van der Waals surface area contributed by atoms with Crippen molar-refractivity contribution in [3.63, 3.8) is 0 Å². The SMILES string of the molecule is CC1CC(c2nc(-c3ccccc3[N+](=O)[O-])no2)CCN1. The van der Waals surface area contributed by atoms with Crippen LogP contribution in [0.4, 0.5) is 5.69 Å². The van der Waals surface area contributed by atoms with Gasteiger partial charge in [-0.25, -0.2) is 0 Å². The maximum Gasteiger partial charge on any atom is 0.280 e. The highest BCUT2D eigenvalue weighted by Gasteiger charge is 2.26. The molecule has 21 heavy (non-hydrogen) atoms. The Balaban J connectivity index is 1.90. The fourth-order valence-electron chi connectivity index (χ4n) is 2.69. The Hall–Kier alpha value is -2.28. The van der Waals surface area contributed by atoms with Crippen LogP contribution >= 0.6 is 0 Å². The first-order valence-corrected chi connectivity index (χ1v) is 6.96. The van der Waals surface area contributed by atoms with Crippen molar-refractivity contribution in [1.29, 1.82) is 0 Å². The van der Waals surface area contributed by atoms with E-state index in [9.17, 15) is 10.1 Å². The summed E-state index contributed by atoms with van der Waals surface area (Å²) in [5, 5.41) is 18.3. The maximum absolute atomic E-state index is 11.1. The normalized spacial score (nSPS) is 22.1. The van der Waals surface area contributed by atoms with E-state index >= 15 is 0 Å². The number of para-hydroxylation sites is 1. The second-order valence-corrected chi connectivity index (χ2v) is 5.31. The van der Waals surface area contributed by atoms with Crippen molar-refractivity contribution in [1.82, 2.24) is 15.5 Å². The van der Waals surface area contributed by atoms with E-state index in [0.717, 1.165) is 19.4 Å². The lowest BCUT2D eigenvalue weighted by Gasteiger charge is -2.25. The van der Waals surface area contributed by atoms with Gasteiger partial charge < -0.3 is 9.84 Å². The number of hydrogen-bond acceptors (Lipinski definition) is 6. The van der Waals surface area contributed by atoms with Crippen LogP contribution in [0.15, 0.2) is 28.8 Å². The second kappa shape index (κ2) is 5.61. The van der Waals surface area contributed by atoms with Crippen LogP contribution in [0, 0.1) is 10.1 Å². The number of nitrogens with zero attached hydrogens (tertiary/aromatic N) is 3. The monoisotopic (exact) mass is 288 g/mol. The molecule has 1 fully saturated rings.